The molecule has 0 atom stereocenters. The minimum atomic E-state index is 0.0971. The van der Waals surface area contributed by atoms with Gasteiger partial charge in [-0.15, -0.1) is 0 Å². The molecular weight excluding hydrogens is 436 g/mol. The van der Waals surface area contributed by atoms with Crippen LogP contribution in [0, 0.1) is 6.92 Å². The van der Waals surface area contributed by atoms with E-state index in [1.54, 1.807) is 0 Å². The van der Waals surface area contributed by atoms with E-state index in [9.17, 15) is 4.79 Å². The van der Waals surface area contributed by atoms with Crippen molar-refractivity contribution in [3.8, 4) is 5.69 Å². The maximum absolute atomic E-state index is 13.1. The van der Waals surface area contributed by atoms with Gasteiger partial charge in [-0.25, -0.2) is 14.6 Å². The van der Waals surface area contributed by atoms with Crippen LogP contribution < -0.4 is 4.90 Å². The van der Waals surface area contributed by atoms with Crippen LogP contribution >= 0.6 is 0 Å². The summed E-state index contributed by atoms with van der Waals surface area (Å²) in [7, 11) is 0. The van der Waals surface area contributed by atoms with E-state index in [1.165, 1.54) is 5.56 Å². The zero-order valence-corrected chi connectivity index (χ0v) is 20.7. The Hall–Kier alpha value is -3.74. The molecule has 5 rings (SSSR count). The van der Waals surface area contributed by atoms with Crippen molar-refractivity contribution in [2.75, 3.05) is 31.1 Å². The Balaban J connectivity index is 1.43. The van der Waals surface area contributed by atoms with Crippen molar-refractivity contribution in [1.82, 2.24) is 24.6 Å². The number of piperazine rings is 1. The topological polar surface area (TPSA) is 67.2 Å². The van der Waals surface area contributed by atoms with Crippen LogP contribution in [0.25, 0.3) is 16.7 Å². The third kappa shape index (κ3) is 4.50. The predicted molar refractivity (Wildman–Crippen MR) is 139 cm³/mol. The highest BCUT2D eigenvalue weighted by Gasteiger charge is 2.26. The molecule has 0 N–H and O–H groups in total. The molecule has 0 radical (unpaired) electrons. The number of anilines is 1. The number of benzene rings is 2. The van der Waals surface area contributed by atoms with Crippen LogP contribution in [0.2, 0.25) is 0 Å². The highest BCUT2D eigenvalue weighted by atomic mass is 16.2. The molecule has 2 aromatic carbocycles. The molecule has 7 nitrogen and oxygen atoms in total. The number of para-hydroxylation sites is 1. The predicted octanol–water partition coefficient (Wildman–Crippen LogP) is 4.60. The third-order valence-corrected chi connectivity index (χ3v) is 6.68. The molecule has 4 aromatic rings. The van der Waals surface area contributed by atoms with Gasteiger partial charge in [0, 0.05) is 38.2 Å². The van der Waals surface area contributed by atoms with Gasteiger partial charge in [0.05, 0.1) is 16.8 Å². The van der Waals surface area contributed by atoms with E-state index in [0.717, 1.165) is 72.0 Å². The lowest BCUT2D eigenvalue weighted by Gasteiger charge is -2.36. The van der Waals surface area contributed by atoms with E-state index in [-0.39, 0.29) is 5.91 Å². The Morgan fingerprint density at radius 3 is 2.29 bits per heavy atom. The molecule has 0 bridgehead atoms. The molecular formula is C28H32N6O. The molecule has 1 aliphatic heterocycles. The van der Waals surface area contributed by atoms with E-state index in [4.69, 9.17) is 15.1 Å². The third-order valence-electron chi connectivity index (χ3n) is 6.68. The van der Waals surface area contributed by atoms with Gasteiger partial charge < -0.3 is 9.80 Å². The fourth-order valence-electron chi connectivity index (χ4n) is 4.71. The molecule has 7 heteroatoms. The molecule has 35 heavy (non-hydrogen) atoms. The van der Waals surface area contributed by atoms with E-state index in [2.05, 4.69) is 18.7 Å². The number of carbonyl (C=O) groups is 1. The molecule has 0 aliphatic carbocycles. The zero-order chi connectivity index (χ0) is 24.4. The van der Waals surface area contributed by atoms with Gasteiger partial charge in [0.25, 0.3) is 5.91 Å². The normalized spacial score (nSPS) is 14.0. The average Bonchev–Trinajstić information content (AvgIpc) is 3.25. The van der Waals surface area contributed by atoms with Gasteiger partial charge >= 0.3 is 0 Å². The van der Waals surface area contributed by atoms with Crippen LogP contribution in [0.4, 0.5) is 5.82 Å². The van der Waals surface area contributed by atoms with Crippen molar-refractivity contribution in [3.63, 3.8) is 0 Å². The summed E-state index contributed by atoms with van der Waals surface area (Å²) in [6.45, 7) is 9.07. The standard InChI is InChI=1S/C28H32N6O/c1-4-9-24-29-26(25-20(3)31-34(27(25)30-24)23-10-7-6-8-11-23)32-16-18-33(19-17-32)28(35)22-14-12-21(5-2)13-15-22/h6-8,10-15H,4-5,9,16-19H2,1-3H3. The van der Waals surface area contributed by atoms with Crippen LogP contribution in [0.3, 0.4) is 0 Å². The fraction of sp³-hybridized carbons (Fsp3) is 0.357. The van der Waals surface area contributed by atoms with Crippen LogP contribution in [0.15, 0.2) is 54.6 Å². The summed E-state index contributed by atoms with van der Waals surface area (Å²) in [5.74, 6) is 1.86. The Bertz CT molecular complexity index is 1320. The van der Waals surface area contributed by atoms with E-state index >= 15 is 0 Å². The fourth-order valence-corrected chi connectivity index (χ4v) is 4.71. The Kier molecular flexibility index (Phi) is 6.49. The first kappa shape index (κ1) is 23.0. The summed E-state index contributed by atoms with van der Waals surface area (Å²) >= 11 is 0. The molecule has 180 valence electrons. The lowest BCUT2D eigenvalue weighted by molar-refractivity contribution is 0.0746. The van der Waals surface area contributed by atoms with E-state index in [1.807, 2.05) is 71.1 Å². The highest BCUT2D eigenvalue weighted by molar-refractivity contribution is 5.95. The summed E-state index contributed by atoms with van der Waals surface area (Å²) < 4.78 is 1.93. The number of carbonyl (C=O) groups excluding carboxylic acids is 1. The number of hydrogen-bond acceptors (Lipinski definition) is 5. The van der Waals surface area contributed by atoms with Crippen LogP contribution in [0.1, 0.15) is 47.7 Å². The quantitative estimate of drug-likeness (QED) is 0.414. The summed E-state index contributed by atoms with van der Waals surface area (Å²) in [6.07, 6.45) is 2.76. The Morgan fingerprint density at radius 2 is 1.63 bits per heavy atom. The molecule has 0 unspecified atom stereocenters. The van der Waals surface area contributed by atoms with Gasteiger partial charge in [0.1, 0.15) is 11.6 Å². The largest absolute Gasteiger partial charge is 0.352 e. The number of aryl methyl sites for hydroxylation is 3. The maximum Gasteiger partial charge on any atom is 0.253 e. The molecule has 0 spiro atoms. The molecule has 0 saturated carbocycles. The number of rotatable bonds is 6. The Labute approximate surface area is 206 Å². The number of nitrogens with zero attached hydrogens (tertiary/aromatic N) is 6. The summed E-state index contributed by atoms with van der Waals surface area (Å²) in [5.41, 5.74) is 4.74. The summed E-state index contributed by atoms with van der Waals surface area (Å²) in [4.78, 5) is 27.2. The van der Waals surface area contributed by atoms with Crippen molar-refractivity contribution in [2.45, 2.75) is 40.0 Å². The van der Waals surface area contributed by atoms with Crippen molar-refractivity contribution in [1.29, 1.82) is 0 Å². The van der Waals surface area contributed by atoms with Crippen LogP contribution in [-0.4, -0.2) is 56.7 Å². The minimum Gasteiger partial charge on any atom is -0.352 e. The van der Waals surface area contributed by atoms with Gasteiger partial charge in [-0.1, -0.05) is 44.2 Å². The van der Waals surface area contributed by atoms with Gasteiger partial charge in [-0.2, -0.15) is 5.10 Å². The Morgan fingerprint density at radius 1 is 0.914 bits per heavy atom. The van der Waals surface area contributed by atoms with E-state index < -0.39 is 0 Å². The molecule has 1 saturated heterocycles. The summed E-state index contributed by atoms with van der Waals surface area (Å²) in [5, 5.41) is 5.83. The van der Waals surface area contributed by atoms with Gasteiger partial charge in [0.2, 0.25) is 0 Å². The smallest absolute Gasteiger partial charge is 0.253 e. The van der Waals surface area contributed by atoms with Crippen molar-refractivity contribution < 1.29 is 4.79 Å². The van der Waals surface area contributed by atoms with Crippen LogP contribution in [-0.2, 0) is 12.8 Å². The number of hydrogen-bond donors (Lipinski definition) is 0. The second kappa shape index (κ2) is 9.86. The first-order valence-corrected chi connectivity index (χ1v) is 12.5. The van der Waals surface area contributed by atoms with Gasteiger partial charge in [0.15, 0.2) is 5.65 Å². The SMILES string of the molecule is CCCc1nc(N2CCN(C(=O)c3ccc(CC)cc3)CC2)c2c(C)nn(-c3ccccc3)c2n1. The first-order valence-electron chi connectivity index (χ1n) is 12.5. The lowest BCUT2D eigenvalue weighted by Crippen LogP contribution is -2.49. The second-order valence-corrected chi connectivity index (χ2v) is 9.07. The number of aromatic nitrogens is 4. The molecule has 2 aromatic heterocycles. The van der Waals surface area contributed by atoms with Crippen molar-refractivity contribution >= 4 is 22.8 Å². The maximum atomic E-state index is 13.1. The zero-order valence-electron chi connectivity index (χ0n) is 20.7. The highest BCUT2D eigenvalue weighted by Crippen LogP contribution is 2.30. The van der Waals surface area contributed by atoms with Gasteiger partial charge in [-0.05, 0) is 49.6 Å². The number of fused-ring (bicyclic) bond motifs is 1. The minimum absolute atomic E-state index is 0.0971. The molecule has 1 amide bonds. The number of amides is 1. The van der Waals surface area contributed by atoms with Crippen molar-refractivity contribution in [2.24, 2.45) is 0 Å². The molecule has 1 fully saturated rings. The summed E-state index contributed by atoms with van der Waals surface area (Å²) in [6, 6.07) is 18.1. The molecule has 3 heterocycles. The average molecular weight is 469 g/mol. The molecule has 1 aliphatic rings. The van der Waals surface area contributed by atoms with Crippen molar-refractivity contribution in [3.05, 3.63) is 77.2 Å². The monoisotopic (exact) mass is 468 g/mol. The first-order chi connectivity index (χ1) is 17.1. The lowest BCUT2D eigenvalue weighted by atomic mass is 10.1. The van der Waals surface area contributed by atoms with Gasteiger partial charge in [-0.3, -0.25) is 4.79 Å². The van der Waals surface area contributed by atoms with Crippen LogP contribution in [0.5, 0.6) is 0 Å². The van der Waals surface area contributed by atoms with E-state index in [0.29, 0.717) is 13.1 Å². The second-order valence-electron chi connectivity index (χ2n) is 9.07.